The largest absolute Gasteiger partial charge is 0.506 e. The highest BCUT2D eigenvalue weighted by molar-refractivity contribution is 7.85. The second-order valence-electron chi connectivity index (χ2n) is 4.96. The van der Waals surface area contributed by atoms with Crippen LogP contribution in [0.5, 0.6) is 5.75 Å². The lowest BCUT2D eigenvalue weighted by Crippen LogP contribution is -2.27. The molecule has 0 atom stereocenters. The normalized spacial score (nSPS) is 11.8. The number of phenolic OH excluding ortho intramolecular Hbond substituents is 1. The molecule has 2 rings (SSSR count). The fourth-order valence-electron chi connectivity index (χ4n) is 1.57. The molecule has 0 spiro atoms. The summed E-state index contributed by atoms with van der Waals surface area (Å²) < 4.78 is 29.6. The number of nitrogens with one attached hydrogen (secondary N) is 1. The highest BCUT2D eigenvalue weighted by atomic mass is 35.5. The Labute approximate surface area is 165 Å². The summed E-state index contributed by atoms with van der Waals surface area (Å²) >= 11 is 11.4. The third-order valence-electron chi connectivity index (χ3n) is 2.85. The first kappa shape index (κ1) is 22.7. The number of hydrogen-bond acceptors (Lipinski definition) is 6. The van der Waals surface area contributed by atoms with Gasteiger partial charge < -0.3 is 10.8 Å². The van der Waals surface area contributed by atoms with E-state index in [0.29, 0.717) is 5.02 Å². The van der Waals surface area contributed by atoms with Gasteiger partial charge in [0.05, 0.1) is 16.1 Å². The van der Waals surface area contributed by atoms with Crippen LogP contribution in [-0.2, 0) is 10.1 Å². The van der Waals surface area contributed by atoms with Crippen LogP contribution in [0, 0.1) is 6.92 Å². The lowest BCUT2D eigenvalue weighted by atomic mass is 10.2. The summed E-state index contributed by atoms with van der Waals surface area (Å²) in [6.45, 7) is 1.84. The Bertz CT molecular complexity index is 947. The standard InChI is InChI=1S/C8H8Cl2N4O2.C7H8O3S/c9-5-1-4(7(15)6(10)2-5)3-12-13-8(11)14-16;1-6-2-4-7(5-3-6)11(8,9)10/h1-3,15-16H,(H3,11,13,14);2-5H,1H3,(H,8,9,10)/b12-3-;. The van der Waals surface area contributed by atoms with Gasteiger partial charge in [0.1, 0.15) is 5.75 Å². The number of hydroxylamine groups is 1. The Morgan fingerprint density at radius 3 is 2.33 bits per heavy atom. The van der Waals surface area contributed by atoms with E-state index in [0.717, 1.165) is 5.56 Å². The first-order valence-corrected chi connectivity index (χ1v) is 9.23. The smallest absolute Gasteiger partial charge is 0.294 e. The minimum atomic E-state index is -4.02. The number of halogens is 2. The Morgan fingerprint density at radius 2 is 1.81 bits per heavy atom. The zero-order valence-corrected chi connectivity index (χ0v) is 16.2. The van der Waals surface area contributed by atoms with Crippen molar-refractivity contribution < 1.29 is 23.3 Å². The average Bonchev–Trinajstić information content (AvgIpc) is 2.59. The highest BCUT2D eigenvalue weighted by Gasteiger charge is 2.07. The molecule has 2 aromatic rings. The molecule has 2 aromatic carbocycles. The maximum Gasteiger partial charge on any atom is 0.294 e. The third-order valence-corrected chi connectivity index (χ3v) is 4.23. The molecule has 0 bridgehead atoms. The van der Waals surface area contributed by atoms with Gasteiger partial charge >= 0.3 is 0 Å². The van der Waals surface area contributed by atoms with Gasteiger partial charge in [-0.2, -0.15) is 13.5 Å². The summed E-state index contributed by atoms with van der Waals surface area (Å²) in [4.78, 5) is -0.0666. The molecule has 0 saturated heterocycles. The van der Waals surface area contributed by atoms with Gasteiger partial charge in [0.25, 0.3) is 10.1 Å². The van der Waals surface area contributed by atoms with Crippen molar-refractivity contribution in [2.75, 3.05) is 0 Å². The third kappa shape index (κ3) is 7.81. The second kappa shape index (κ2) is 10.1. The molecule has 0 fully saturated rings. The molecule has 9 nitrogen and oxygen atoms in total. The van der Waals surface area contributed by atoms with Crippen molar-refractivity contribution in [1.29, 1.82) is 0 Å². The molecule has 0 radical (unpaired) electrons. The van der Waals surface area contributed by atoms with Crippen molar-refractivity contribution in [1.82, 2.24) is 5.48 Å². The van der Waals surface area contributed by atoms with Crippen molar-refractivity contribution in [3.8, 4) is 5.75 Å². The molecule has 0 aliphatic heterocycles. The first-order chi connectivity index (χ1) is 12.5. The van der Waals surface area contributed by atoms with Crippen LogP contribution in [0.15, 0.2) is 51.5 Å². The topological polar surface area (TPSA) is 158 Å². The van der Waals surface area contributed by atoms with Gasteiger partial charge in [-0.25, -0.2) is 5.48 Å². The first-order valence-electron chi connectivity index (χ1n) is 7.03. The highest BCUT2D eigenvalue weighted by Crippen LogP contribution is 2.29. The average molecular weight is 435 g/mol. The van der Waals surface area contributed by atoms with E-state index in [1.165, 1.54) is 30.5 Å². The lowest BCUT2D eigenvalue weighted by Gasteiger charge is -2.01. The predicted octanol–water partition coefficient (Wildman–Crippen LogP) is 2.57. The molecule has 0 aliphatic carbocycles. The molecule has 27 heavy (non-hydrogen) atoms. The van der Waals surface area contributed by atoms with Gasteiger partial charge in [-0.3, -0.25) is 9.76 Å². The Balaban J connectivity index is 0.000000289. The van der Waals surface area contributed by atoms with Gasteiger partial charge in [-0.15, -0.1) is 5.10 Å². The van der Waals surface area contributed by atoms with Crippen LogP contribution in [0.25, 0.3) is 0 Å². The Kier molecular flexibility index (Phi) is 8.47. The van der Waals surface area contributed by atoms with Crippen molar-refractivity contribution in [2.45, 2.75) is 11.8 Å². The van der Waals surface area contributed by atoms with Crippen LogP contribution >= 0.6 is 23.2 Å². The van der Waals surface area contributed by atoms with Crippen LogP contribution in [0.3, 0.4) is 0 Å². The zero-order valence-electron chi connectivity index (χ0n) is 13.8. The van der Waals surface area contributed by atoms with Crippen LogP contribution in [0.4, 0.5) is 0 Å². The zero-order chi connectivity index (χ0) is 20.6. The molecule has 0 saturated carbocycles. The molecular formula is C15H16Cl2N4O5S. The summed E-state index contributed by atoms with van der Waals surface area (Å²) in [6, 6.07) is 8.83. The monoisotopic (exact) mass is 434 g/mol. The molecule has 0 unspecified atom stereocenters. The molecule has 0 heterocycles. The number of rotatable bonds is 3. The van der Waals surface area contributed by atoms with Crippen molar-refractivity contribution in [3.63, 3.8) is 0 Å². The van der Waals surface area contributed by atoms with Gasteiger partial charge in [-0.1, -0.05) is 40.9 Å². The second-order valence-corrected chi connectivity index (χ2v) is 7.22. The van der Waals surface area contributed by atoms with Crippen LogP contribution < -0.4 is 11.2 Å². The fourth-order valence-corrected chi connectivity index (χ4v) is 2.56. The van der Waals surface area contributed by atoms with Crippen molar-refractivity contribution in [2.24, 2.45) is 15.9 Å². The number of benzene rings is 2. The minimum absolute atomic E-state index is 0.0666. The van der Waals surface area contributed by atoms with Gasteiger partial charge in [0.15, 0.2) is 0 Å². The van der Waals surface area contributed by atoms with E-state index in [-0.39, 0.29) is 27.2 Å². The number of nitrogens with two attached hydrogens (primary N) is 1. The van der Waals surface area contributed by atoms with Crippen LogP contribution in [0.1, 0.15) is 11.1 Å². The van der Waals surface area contributed by atoms with E-state index in [1.54, 1.807) is 17.6 Å². The van der Waals surface area contributed by atoms with Gasteiger partial charge in [0, 0.05) is 10.6 Å². The maximum atomic E-state index is 10.5. The van der Waals surface area contributed by atoms with E-state index >= 15 is 0 Å². The molecule has 146 valence electrons. The van der Waals surface area contributed by atoms with E-state index in [9.17, 15) is 13.5 Å². The molecule has 6 N–H and O–H groups in total. The summed E-state index contributed by atoms with van der Waals surface area (Å²) in [5.74, 6) is -0.454. The van der Waals surface area contributed by atoms with Crippen molar-refractivity contribution in [3.05, 3.63) is 57.6 Å². The van der Waals surface area contributed by atoms with E-state index in [2.05, 4.69) is 10.2 Å². The summed E-state index contributed by atoms with van der Waals surface area (Å²) in [6.07, 6.45) is 1.19. The summed E-state index contributed by atoms with van der Waals surface area (Å²) in [7, 11) is -4.02. The molecular weight excluding hydrogens is 419 g/mol. The number of hydrogen-bond donors (Lipinski definition) is 5. The molecule has 0 amide bonds. The number of phenols is 1. The number of guanidine groups is 1. The summed E-state index contributed by atoms with van der Waals surface area (Å²) in [5.41, 5.74) is 7.92. The number of aromatic hydroxyl groups is 1. The van der Waals surface area contributed by atoms with E-state index < -0.39 is 10.1 Å². The Morgan fingerprint density at radius 1 is 1.22 bits per heavy atom. The van der Waals surface area contributed by atoms with Crippen LogP contribution in [-0.4, -0.2) is 35.5 Å². The van der Waals surface area contributed by atoms with Gasteiger partial charge in [-0.05, 0) is 31.2 Å². The number of aryl methyl sites for hydroxylation is 1. The molecule has 12 heteroatoms. The predicted molar refractivity (Wildman–Crippen MR) is 103 cm³/mol. The van der Waals surface area contributed by atoms with Gasteiger partial charge in [0.2, 0.25) is 5.96 Å². The summed E-state index contributed by atoms with van der Waals surface area (Å²) in [5, 5.41) is 25.1. The van der Waals surface area contributed by atoms with Crippen LogP contribution in [0.2, 0.25) is 10.0 Å². The quantitative estimate of drug-likeness (QED) is 0.215. The molecule has 0 aliphatic rings. The Hall–Kier alpha value is -2.37. The molecule has 0 aromatic heterocycles. The lowest BCUT2D eigenvalue weighted by molar-refractivity contribution is 0.232. The fraction of sp³-hybridized carbons (Fsp3) is 0.0667. The van der Waals surface area contributed by atoms with E-state index in [1.807, 2.05) is 6.92 Å². The minimum Gasteiger partial charge on any atom is -0.506 e. The number of nitrogens with zero attached hydrogens (tertiary/aromatic N) is 2. The van der Waals surface area contributed by atoms with Crippen molar-refractivity contribution >= 4 is 45.5 Å². The SMILES string of the molecule is Cc1ccc(S(=O)(=O)O)cc1.N/C(=N\N=C/c1cc(Cl)cc(Cl)c1O)NO. The maximum absolute atomic E-state index is 10.5. The van der Waals surface area contributed by atoms with E-state index in [4.69, 9.17) is 38.7 Å².